The smallest absolute Gasteiger partial charge is 0.240 e. The van der Waals surface area contributed by atoms with E-state index in [4.69, 9.17) is 29.7 Å². The number of ether oxygens (including phenoxy) is 4. The number of nitrogens with two attached hydrogens (primary N) is 1. The largest absolute Gasteiger partial charge is 0.493 e. The van der Waals surface area contributed by atoms with Gasteiger partial charge in [0.25, 0.3) is 0 Å². The maximum Gasteiger partial charge on any atom is 0.240 e. The molecule has 1 fully saturated rings. The third kappa shape index (κ3) is 4.16. The summed E-state index contributed by atoms with van der Waals surface area (Å²) in [6.07, 6.45) is 5.04. The van der Waals surface area contributed by atoms with Gasteiger partial charge in [-0.2, -0.15) is 4.98 Å². The molecule has 35 heavy (non-hydrogen) atoms. The fourth-order valence-electron chi connectivity index (χ4n) is 4.44. The summed E-state index contributed by atoms with van der Waals surface area (Å²) in [5.74, 6) is 2.84. The van der Waals surface area contributed by atoms with Crippen LogP contribution in [0.15, 0.2) is 24.7 Å². The highest BCUT2D eigenvalue weighted by Gasteiger charge is 2.32. The lowest BCUT2D eigenvalue weighted by Gasteiger charge is -2.23. The van der Waals surface area contributed by atoms with Crippen molar-refractivity contribution in [2.24, 2.45) is 5.73 Å². The summed E-state index contributed by atoms with van der Waals surface area (Å²) in [5.41, 5.74) is 8.03. The molecule has 5 rings (SSSR count). The summed E-state index contributed by atoms with van der Waals surface area (Å²) in [6, 6.07) is 3.25. The van der Waals surface area contributed by atoms with Crippen LogP contribution in [0.2, 0.25) is 0 Å². The fourth-order valence-corrected chi connectivity index (χ4v) is 4.44. The number of aromatic nitrogens is 4. The number of primary amides is 1. The molecular formula is C23H27N7O5. The van der Waals surface area contributed by atoms with Crippen molar-refractivity contribution in [3.63, 3.8) is 0 Å². The lowest BCUT2D eigenvalue weighted by Crippen LogP contribution is -2.41. The molecule has 2 aliphatic rings. The molecule has 1 atom stereocenters. The van der Waals surface area contributed by atoms with Gasteiger partial charge in [-0.3, -0.25) is 4.79 Å². The number of hydrogen-bond acceptors (Lipinski definition) is 10. The van der Waals surface area contributed by atoms with Gasteiger partial charge in [0.15, 0.2) is 11.5 Å². The number of fused-ring (bicyclic) bond motifs is 1. The first-order valence-electron chi connectivity index (χ1n) is 11.2. The standard InChI is InChI=1S/C23H27N7O5/c1-32-17-7-13(8-18(33-2)20(17)34-3)29-9-19(25-12-29)27-22-14-10-35-11-15(14)26-23(28-22)30-6-4-5-16(30)21(24)31/h7-9,12,16H,4-6,10-11H2,1-3H3,(H2,24,31)(H,26,27,28)/t16-/m1/s1. The summed E-state index contributed by atoms with van der Waals surface area (Å²) in [4.78, 5) is 27.6. The zero-order chi connectivity index (χ0) is 24.5. The highest BCUT2D eigenvalue weighted by atomic mass is 16.5. The Morgan fingerprint density at radius 1 is 1.14 bits per heavy atom. The summed E-state index contributed by atoms with van der Waals surface area (Å²) in [5, 5.41) is 3.29. The van der Waals surface area contributed by atoms with Crippen LogP contribution in [0.25, 0.3) is 5.69 Å². The summed E-state index contributed by atoms with van der Waals surface area (Å²) in [6.45, 7) is 1.45. The number of amides is 1. The minimum atomic E-state index is -0.414. The molecule has 0 unspecified atom stereocenters. The van der Waals surface area contributed by atoms with E-state index in [2.05, 4.69) is 15.3 Å². The van der Waals surface area contributed by atoms with Crippen LogP contribution in [-0.2, 0) is 22.7 Å². The van der Waals surface area contributed by atoms with Crippen LogP contribution >= 0.6 is 0 Å². The van der Waals surface area contributed by atoms with E-state index < -0.39 is 6.04 Å². The maximum atomic E-state index is 11.9. The molecule has 0 spiro atoms. The SMILES string of the molecule is COc1cc(-n2cnc(Nc3nc(N4CCC[C@@H]4C(N)=O)nc4c3COC4)c2)cc(OC)c1OC. The Labute approximate surface area is 202 Å². The molecular weight excluding hydrogens is 454 g/mol. The fraction of sp³-hybridized carbons (Fsp3) is 0.391. The van der Waals surface area contributed by atoms with E-state index in [1.165, 1.54) is 0 Å². The van der Waals surface area contributed by atoms with Crippen LogP contribution in [0.3, 0.4) is 0 Å². The number of carbonyl (C=O) groups excluding carboxylic acids is 1. The van der Waals surface area contributed by atoms with Gasteiger partial charge in [-0.05, 0) is 12.8 Å². The Kier molecular flexibility index (Phi) is 6.03. The lowest BCUT2D eigenvalue weighted by molar-refractivity contribution is -0.119. The second kappa shape index (κ2) is 9.29. The second-order valence-electron chi connectivity index (χ2n) is 8.22. The van der Waals surface area contributed by atoms with Crippen molar-refractivity contribution in [1.29, 1.82) is 0 Å². The number of carbonyl (C=O) groups is 1. The van der Waals surface area contributed by atoms with Gasteiger partial charge in [0.05, 0.1) is 52.1 Å². The van der Waals surface area contributed by atoms with Gasteiger partial charge in [-0.15, -0.1) is 0 Å². The second-order valence-corrected chi connectivity index (χ2v) is 8.22. The molecule has 12 heteroatoms. The van der Waals surface area contributed by atoms with E-state index in [9.17, 15) is 4.79 Å². The van der Waals surface area contributed by atoms with Crippen LogP contribution in [0.1, 0.15) is 24.1 Å². The first-order chi connectivity index (χ1) is 17.0. The predicted molar refractivity (Wildman–Crippen MR) is 127 cm³/mol. The predicted octanol–water partition coefficient (Wildman–Crippen LogP) is 1.92. The van der Waals surface area contributed by atoms with Crippen LogP contribution in [0.4, 0.5) is 17.6 Å². The Bertz CT molecular complexity index is 1240. The van der Waals surface area contributed by atoms with E-state index in [1.807, 2.05) is 27.8 Å². The van der Waals surface area contributed by atoms with E-state index in [0.29, 0.717) is 61.0 Å². The van der Waals surface area contributed by atoms with E-state index in [1.54, 1.807) is 27.7 Å². The van der Waals surface area contributed by atoms with Crippen LogP contribution in [0, 0.1) is 0 Å². The molecule has 3 N–H and O–H groups in total. The molecule has 0 radical (unpaired) electrons. The summed E-state index contributed by atoms with van der Waals surface area (Å²) >= 11 is 0. The van der Waals surface area contributed by atoms with Crippen molar-refractivity contribution in [3.8, 4) is 22.9 Å². The topological polar surface area (TPSA) is 139 Å². The Morgan fingerprint density at radius 3 is 2.60 bits per heavy atom. The van der Waals surface area contributed by atoms with Crippen molar-refractivity contribution >= 4 is 23.5 Å². The van der Waals surface area contributed by atoms with Crippen molar-refractivity contribution in [3.05, 3.63) is 35.9 Å². The minimum absolute atomic E-state index is 0.374. The molecule has 3 aromatic rings. The molecule has 4 heterocycles. The number of rotatable bonds is 8. The normalized spacial score (nSPS) is 16.8. The molecule has 0 bridgehead atoms. The third-order valence-electron chi connectivity index (χ3n) is 6.18. The van der Waals surface area contributed by atoms with Crippen molar-refractivity contribution in [2.75, 3.05) is 38.1 Å². The van der Waals surface area contributed by atoms with Crippen molar-refractivity contribution in [2.45, 2.75) is 32.1 Å². The Morgan fingerprint density at radius 2 is 1.91 bits per heavy atom. The minimum Gasteiger partial charge on any atom is -0.493 e. The van der Waals surface area contributed by atoms with Gasteiger partial charge >= 0.3 is 0 Å². The van der Waals surface area contributed by atoms with Gasteiger partial charge in [0.1, 0.15) is 24.0 Å². The average molecular weight is 482 g/mol. The zero-order valence-electron chi connectivity index (χ0n) is 19.8. The molecule has 1 saturated heterocycles. The van der Waals surface area contributed by atoms with Crippen LogP contribution < -0.4 is 30.2 Å². The van der Waals surface area contributed by atoms with Crippen LogP contribution in [-0.4, -0.2) is 59.3 Å². The number of imidazole rings is 1. The summed E-state index contributed by atoms with van der Waals surface area (Å²) < 4.78 is 23.8. The highest BCUT2D eigenvalue weighted by molar-refractivity contribution is 5.83. The number of anilines is 3. The average Bonchev–Trinajstić information content (AvgIpc) is 3.63. The van der Waals surface area contributed by atoms with E-state index >= 15 is 0 Å². The van der Waals surface area contributed by atoms with Crippen molar-refractivity contribution < 1.29 is 23.7 Å². The van der Waals surface area contributed by atoms with E-state index in [-0.39, 0.29) is 5.91 Å². The van der Waals surface area contributed by atoms with Crippen LogP contribution in [0.5, 0.6) is 17.2 Å². The lowest BCUT2D eigenvalue weighted by atomic mass is 10.2. The molecule has 2 aliphatic heterocycles. The van der Waals surface area contributed by atoms with Gasteiger partial charge in [0.2, 0.25) is 17.6 Å². The monoisotopic (exact) mass is 481 g/mol. The number of nitrogens with zero attached hydrogens (tertiary/aromatic N) is 5. The van der Waals surface area contributed by atoms with Crippen molar-refractivity contribution in [1.82, 2.24) is 19.5 Å². The number of methoxy groups -OCH3 is 3. The molecule has 1 aromatic carbocycles. The first-order valence-corrected chi connectivity index (χ1v) is 11.2. The number of hydrogen-bond donors (Lipinski definition) is 2. The molecule has 2 aromatic heterocycles. The highest BCUT2D eigenvalue weighted by Crippen LogP contribution is 2.39. The van der Waals surface area contributed by atoms with E-state index in [0.717, 1.165) is 23.4 Å². The zero-order valence-corrected chi connectivity index (χ0v) is 19.8. The van der Waals surface area contributed by atoms with Gasteiger partial charge < -0.3 is 39.5 Å². The van der Waals surface area contributed by atoms with Gasteiger partial charge in [-0.1, -0.05) is 0 Å². The summed E-state index contributed by atoms with van der Waals surface area (Å²) in [7, 11) is 4.70. The quantitative estimate of drug-likeness (QED) is 0.490. The molecule has 1 amide bonds. The molecule has 0 aliphatic carbocycles. The molecule has 0 saturated carbocycles. The molecule has 12 nitrogen and oxygen atoms in total. The third-order valence-corrected chi connectivity index (χ3v) is 6.18. The Hall–Kier alpha value is -4.06. The van der Waals surface area contributed by atoms with Gasteiger partial charge in [-0.25, -0.2) is 9.97 Å². The first kappa shape index (κ1) is 22.7. The maximum absolute atomic E-state index is 11.9. The number of nitrogens with one attached hydrogen (secondary N) is 1. The molecule has 184 valence electrons. The van der Waals surface area contributed by atoms with Gasteiger partial charge in [0, 0.05) is 24.2 Å². The Balaban J connectivity index is 1.46. The number of benzene rings is 1.